The smallest absolute Gasteiger partial charge is 0.300 e. The summed E-state index contributed by atoms with van der Waals surface area (Å²) >= 11 is 5.59. The van der Waals surface area contributed by atoms with Gasteiger partial charge in [0.1, 0.15) is 5.54 Å². The molecule has 41 heavy (non-hydrogen) atoms. The van der Waals surface area contributed by atoms with Gasteiger partial charge in [0, 0.05) is 24.2 Å². The third-order valence-corrected chi connectivity index (χ3v) is 7.10. The number of thiocarbonyl (C=S) groups is 1. The number of pyridine rings is 1. The molecule has 0 unspecified atom stereocenters. The van der Waals surface area contributed by atoms with Gasteiger partial charge in [-0.25, -0.2) is 18.2 Å². The lowest BCUT2D eigenvalue weighted by molar-refractivity contribution is -0.121. The van der Waals surface area contributed by atoms with Crippen molar-refractivity contribution in [2.75, 3.05) is 16.4 Å². The fraction of sp³-hybridized carbons (Fsp3) is 0.333. The van der Waals surface area contributed by atoms with Gasteiger partial charge >= 0.3 is 5.56 Å². The molecule has 0 spiro atoms. The van der Waals surface area contributed by atoms with Crippen LogP contribution in [-0.4, -0.2) is 38.5 Å². The van der Waals surface area contributed by atoms with Crippen LogP contribution in [0.2, 0.25) is 0 Å². The number of hydrogen-bond donors (Lipinski definition) is 1. The van der Waals surface area contributed by atoms with Crippen molar-refractivity contribution in [2.24, 2.45) is 5.73 Å². The van der Waals surface area contributed by atoms with Gasteiger partial charge in [0.25, 0.3) is 17.7 Å². The molecular weight excluding hydrogens is 561 g/mol. The monoisotopic (exact) mass is 586 g/mol. The molecule has 4 rings (SSSR count). The van der Waals surface area contributed by atoms with Crippen LogP contribution in [0.3, 0.4) is 0 Å². The maximum atomic E-state index is 15.4. The number of ether oxygens (including phenoxy) is 1. The van der Waals surface area contributed by atoms with Gasteiger partial charge in [0.15, 0.2) is 23.2 Å². The number of anilines is 2. The number of nitriles is 1. The first kappa shape index (κ1) is 29.5. The minimum atomic E-state index is -3.35. The first-order valence-electron chi connectivity index (χ1n) is 12.5. The normalized spacial score (nSPS) is 15.0. The number of halogens is 3. The third-order valence-electron chi connectivity index (χ3n) is 6.73. The molecule has 2 aromatic heterocycles. The standard InChI is InChI=1S/C27H25F3N6O4S/c1-5-19-21(40-13-20(32)37)23(38)34-12-16(10-18(28)22(34)33-19)36-25(41)35(24(39)26(36,3)4)15-8-7-14(11-31)17(9-15)27(29,30)6-2/h7-10,12H,5-6,13H2,1-4H3,(H2,32,37). The molecule has 214 valence electrons. The van der Waals surface area contributed by atoms with Crippen LogP contribution in [0.4, 0.5) is 24.5 Å². The summed E-state index contributed by atoms with van der Waals surface area (Å²) in [7, 11) is 0. The number of alkyl halides is 2. The molecule has 1 aliphatic rings. The molecule has 2 N–H and O–H groups in total. The first-order chi connectivity index (χ1) is 19.2. The zero-order valence-electron chi connectivity index (χ0n) is 22.5. The number of hydrogen-bond acceptors (Lipinski definition) is 7. The lowest BCUT2D eigenvalue weighted by Crippen LogP contribution is -2.44. The number of carbonyl (C=O) groups excluding carboxylic acids is 2. The fourth-order valence-corrected chi connectivity index (χ4v) is 5.10. The topological polar surface area (TPSA) is 134 Å². The lowest BCUT2D eigenvalue weighted by Gasteiger charge is -2.29. The number of fused-ring (bicyclic) bond motifs is 1. The molecule has 10 nitrogen and oxygen atoms in total. The van der Waals surface area contributed by atoms with Gasteiger partial charge in [0.05, 0.1) is 28.7 Å². The molecule has 1 fully saturated rings. The SMILES string of the molecule is CCc1nc2c(F)cc(N3C(=S)N(c4ccc(C#N)c(C(F)(F)CC)c4)C(=O)C3(C)C)cn2c(=O)c1OCC(N)=O. The molecule has 1 aromatic carbocycles. The highest BCUT2D eigenvalue weighted by Gasteiger charge is 2.51. The van der Waals surface area contributed by atoms with E-state index in [1.54, 1.807) is 13.0 Å². The van der Waals surface area contributed by atoms with E-state index < -0.39 is 53.2 Å². The van der Waals surface area contributed by atoms with Crippen molar-refractivity contribution in [3.05, 3.63) is 63.5 Å². The highest BCUT2D eigenvalue weighted by atomic mass is 32.1. The highest BCUT2D eigenvalue weighted by molar-refractivity contribution is 7.81. The fourth-order valence-electron chi connectivity index (χ4n) is 4.58. The van der Waals surface area contributed by atoms with E-state index in [-0.39, 0.29) is 45.6 Å². The molecular formula is C27H25F3N6O4S. The predicted molar refractivity (Wildman–Crippen MR) is 147 cm³/mol. The van der Waals surface area contributed by atoms with Crippen molar-refractivity contribution < 1.29 is 27.5 Å². The van der Waals surface area contributed by atoms with E-state index in [2.05, 4.69) is 4.98 Å². The summed E-state index contributed by atoms with van der Waals surface area (Å²) in [5.74, 6) is -5.99. The number of amides is 2. The van der Waals surface area contributed by atoms with E-state index in [1.807, 2.05) is 0 Å². The second kappa shape index (κ2) is 10.5. The molecule has 3 aromatic rings. The van der Waals surface area contributed by atoms with Crippen LogP contribution in [0.15, 0.2) is 35.3 Å². The zero-order chi connectivity index (χ0) is 30.4. The Morgan fingerprint density at radius 3 is 2.49 bits per heavy atom. The molecule has 3 heterocycles. The van der Waals surface area contributed by atoms with E-state index in [0.29, 0.717) is 0 Å². The first-order valence-corrected chi connectivity index (χ1v) is 12.9. The molecule has 0 radical (unpaired) electrons. The summed E-state index contributed by atoms with van der Waals surface area (Å²) in [5, 5.41) is 9.19. The number of aromatic nitrogens is 2. The van der Waals surface area contributed by atoms with Crippen LogP contribution in [-0.2, 0) is 21.9 Å². The Labute approximate surface area is 237 Å². The minimum Gasteiger partial charge on any atom is -0.476 e. The molecule has 2 amide bonds. The van der Waals surface area contributed by atoms with Crippen molar-refractivity contribution in [1.29, 1.82) is 5.26 Å². The molecule has 0 bridgehead atoms. The Morgan fingerprint density at radius 1 is 1.22 bits per heavy atom. The summed E-state index contributed by atoms with van der Waals surface area (Å²) in [6, 6.07) is 6.33. The van der Waals surface area contributed by atoms with E-state index in [4.69, 9.17) is 22.7 Å². The van der Waals surface area contributed by atoms with Gasteiger partial charge < -0.3 is 15.4 Å². The highest BCUT2D eigenvalue weighted by Crippen LogP contribution is 2.40. The second-order valence-corrected chi connectivity index (χ2v) is 10.1. The number of nitrogens with zero attached hydrogens (tertiary/aromatic N) is 5. The van der Waals surface area contributed by atoms with Gasteiger partial charge in [-0.05, 0) is 50.7 Å². The Bertz CT molecular complexity index is 1720. The largest absolute Gasteiger partial charge is 0.476 e. The molecule has 1 saturated heterocycles. The lowest BCUT2D eigenvalue weighted by atomic mass is 9.99. The van der Waals surface area contributed by atoms with Crippen molar-refractivity contribution in [3.63, 3.8) is 0 Å². The quantitative estimate of drug-likeness (QED) is 0.396. The van der Waals surface area contributed by atoms with Gasteiger partial charge in [-0.2, -0.15) is 5.26 Å². The summed E-state index contributed by atoms with van der Waals surface area (Å²) in [6.45, 7) is 5.32. The summed E-state index contributed by atoms with van der Waals surface area (Å²) in [5.41, 5.74) is 1.82. The van der Waals surface area contributed by atoms with Crippen molar-refractivity contribution in [2.45, 2.75) is 52.0 Å². The molecule has 14 heteroatoms. The summed E-state index contributed by atoms with van der Waals surface area (Å²) in [4.78, 5) is 44.6. The van der Waals surface area contributed by atoms with Gasteiger partial charge in [0.2, 0.25) is 5.75 Å². The average molecular weight is 587 g/mol. The van der Waals surface area contributed by atoms with E-state index in [1.165, 1.54) is 44.0 Å². The van der Waals surface area contributed by atoms with Crippen molar-refractivity contribution in [1.82, 2.24) is 9.38 Å². The molecule has 0 atom stereocenters. The maximum Gasteiger partial charge on any atom is 0.300 e. The van der Waals surface area contributed by atoms with Crippen LogP contribution in [0, 0.1) is 17.1 Å². The number of aryl methyl sites for hydroxylation is 1. The number of benzene rings is 1. The number of primary amides is 1. The number of carbonyl (C=O) groups is 2. The van der Waals surface area contributed by atoms with E-state index in [9.17, 15) is 28.4 Å². The van der Waals surface area contributed by atoms with Crippen LogP contribution in [0.5, 0.6) is 5.75 Å². The van der Waals surface area contributed by atoms with Crippen molar-refractivity contribution in [3.8, 4) is 11.8 Å². The maximum absolute atomic E-state index is 15.4. The van der Waals surface area contributed by atoms with Gasteiger partial charge in [-0.1, -0.05) is 13.8 Å². The Balaban J connectivity index is 1.87. The molecule has 0 aliphatic carbocycles. The zero-order valence-corrected chi connectivity index (χ0v) is 23.3. The Morgan fingerprint density at radius 2 is 1.90 bits per heavy atom. The number of rotatable bonds is 8. The van der Waals surface area contributed by atoms with Gasteiger partial charge in [-0.15, -0.1) is 0 Å². The van der Waals surface area contributed by atoms with Crippen molar-refractivity contribution >= 4 is 46.2 Å². The number of nitrogens with two attached hydrogens (primary N) is 1. The Kier molecular flexibility index (Phi) is 7.53. The van der Waals surface area contributed by atoms with Crippen LogP contribution in [0.1, 0.15) is 50.9 Å². The van der Waals surface area contributed by atoms with E-state index >= 15 is 4.39 Å². The summed E-state index contributed by atoms with van der Waals surface area (Å²) < 4.78 is 51.0. The Hall–Kier alpha value is -4.51. The molecule has 0 saturated carbocycles. The molecule has 1 aliphatic heterocycles. The average Bonchev–Trinajstić information content (AvgIpc) is 3.10. The second-order valence-electron chi connectivity index (χ2n) is 9.76. The van der Waals surface area contributed by atoms with E-state index in [0.717, 1.165) is 21.4 Å². The van der Waals surface area contributed by atoms with Crippen LogP contribution < -0.4 is 25.8 Å². The predicted octanol–water partition coefficient (Wildman–Crippen LogP) is 3.55. The third kappa shape index (κ3) is 4.86. The minimum absolute atomic E-state index is 0.00693. The summed E-state index contributed by atoms with van der Waals surface area (Å²) in [6.07, 6.45) is 0.827. The van der Waals surface area contributed by atoms with Gasteiger partial charge in [-0.3, -0.25) is 23.7 Å². The van der Waals surface area contributed by atoms with Crippen LogP contribution >= 0.6 is 12.2 Å². The van der Waals surface area contributed by atoms with Crippen LogP contribution in [0.25, 0.3) is 5.65 Å².